The number of piperidine rings is 1. The maximum absolute atomic E-state index is 11.9. The van der Waals surface area contributed by atoms with Crippen molar-refractivity contribution in [3.8, 4) is 0 Å². The Morgan fingerprint density at radius 2 is 2.05 bits per heavy atom. The quantitative estimate of drug-likeness (QED) is 0.877. The fraction of sp³-hybridized carbons (Fsp3) is 0.643. The first-order chi connectivity index (χ1) is 9.69. The molecule has 1 amide bonds. The second kappa shape index (κ2) is 7.19. The third-order valence-electron chi connectivity index (χ3n) is 3.48. The molecule has 0 unspecified atom stereocenters. The number of aryl methyl sites for hydroxylation is 1. The van der Waals surface area contributed by atoms with E-state index in [2.05, 4.69) is 15.3 Å². The molecule has 1 fully saturated rings. The summed E-state index contributed by atoms with van der Waals surface area (Å²) in [6.45, 7) is 4.03. The standard InChI is InChI=1S/C14H22N4O2/c1-11-9-15-14(16-10-11)17-12-3-6-18(7-4-12)13(19)5-8-20-2/h9-10,12H,3-8H2,1-2H3,(H,15,16,17). The van der Waals surface area contributed by atoms with Crippen LogP contribution in [0.5, 0.6) is 0 Å². The van der Waals surface area contributed by atoms with Crippen molar-refractivity contribution < 1.29 is 9.53 Å². The van der Waals surface area contributed by atoms with Crippen LogP contribution >= 0.6 is 0 Å². The van der Waals surface area contributed by atoms with Gasteiger partial charge in [-0.15, -0.1) is 0 Å². The summed E-state index contributed by atoms with van der Waals surface area (Å²) in [7, 11) is 1.62. The molecule has 110 valence electrons. The molecule has 1 saturated heterocycles. The van der Waals surface area contributed by atoms with Gasteiger partial charge in [0.1, 0.15) is 0 Å². The molecule has 0 aromatic carbocycles. The molecule has 1 aromatic rings. The van der Waals surface area contributed by atoms with Crippen molar-refractivity contribution in [2.75, 3.05) is 32.1 Å². The second-order valence-electron chi connectivity index (χ2n) is 5.13. The van der Waals surface area contributed by atoms with Crippen LogP contribution in [0.4, 0.5) is 5.95 Å². The van der Waals surface area contributed by atoms with Gasteiger partial charge in [-0.3, -0.25) is 4.79 Å². The van der Waals surface area contributed by atoms with Gasteiger partial charge in [0.25, 0.3) is 0 Å². The molecular formula is C14H22N4O2. The molecule has 2 heterocycles. The van der Waals surface area contributed by atoms with Crippen molar-refractivity contribution in [2.45, 2.75) is 32.2 Å². The van der Waals surface area contributed by atoms with Crippen LogP contribution in [0.15, 0.2) is 12.4 Å². The zero-order chi connectivity index (χ0) is 14.4. The number of hydrogen-bond donors (Lipinski definition) is 1. The van der Waals surface area contributed by atoms with Crippen molar-refractivity contribution in [1.29, 1.82) is 0 Å². The van der Waals surface area contributed by atoms with Gasteiger partial charge in [-0.1, -0.05) is 0 Å². The van der Waals surface area contributed by atoms with E-state index < -0.39 is 0 Å². The highest BCUT2D eigenvalue weighted by atomic mass is 16.5. The van der Waals surface area contributed by atoms with E-state index >= 15 is 0 Å². The van der Waals surface area contributed by atoms with Gasteiger partial charge in [0.2, 0.25) is 11.9 Å². The van der Waals surface area contributed by atoms with Crippen LogP contribution < -0.4 is 5.32 Å². The van der Waals surface area contributed by atoms with E-state index in [9.17, 15) is 4.79 Å². The van der Waals surface area contributed by atoms with E-state index in [0.29, 0.717) is 25.0 Å². The smallest absolute Gasteiger partial charge is 0.224 e. The zero-order valence-corrected chi connectivity index (χ0v) is 12.1. The largest absolute Gasteiger partial charge is 0.384 e. The molecule has 0 radical (unpaired) electrons. The van der Waals surface area contributed by atoms with Gasteiger partial charge in [-0.05, 0) is 25.3 Å². The monoisotopic (exact) mass is 278 g/mol. The molecule has 0 saturated carbocycles. The van der Waals surface area contributed by atoms with E-state index in [1.165, 1.54) is 0 Å². The number of hydrogen-bond acceptors (Lipinski definition) is 5. The molecule has 0 bridgehead atoms. The molecule has 1 aromatic heterocycles. The van der Waals surface area contributed by atoms with Crippen molar-refractivity contribution in [3.63, 3.8) is 0 Å². The first kappa shape index (κ1) is 14.7. The van der Waals surface area contributed by atoms with Crippen LogP contribution in [-0.2, 0) is 9.53 Å². The fourth-order valence-corrected chi connectivity index (χ4v) is 2.27. The van der Waals surface area contributed by atoms with Crippen LogP contribution in [0.2, 0.25) is 0 Å². The van der Waals surface area contributed by atoms with Crippen LogP contribution in [0.1, 0.15) is 24.8 Å². The molecule has 6 heteroatoms. The van der Waals surface area contributed by atoms with Gasteiger partial charge in [0.15, 0.2) is 0 Å². The summed E-state index contributed by atoms with van der Waals surface area (Å²) in [5.74, 6) is 0.844. The number of anilines is 1. The highest BCUT2D eigenvalue weighted by Crippen LogP contribution is 2.14. The Balaban J connectivity index is 1.76. The van der Waals surface area contributed by atoms with Crippen LogP contribution in [0.25, 0.3) is 0 Å². The molecule has 1 aliphatic heterocycles. The maximum atomic E-state index is 11.9. The lowest BCUT2D eigenvalue weighted by atomic mass is 10.0. The lowest BCUT2D eigenvalue weighted by Gasteiger charge is -2.32. The molecule has 0 atom stereocenters. The molecule has 0 spiro atoms. The van der Waals surface area contributed by atoms with E-state index in [-0.39, 0.29) is 5.91 Å². The summed E-state index contributed by atoms with van der Waals surface area (Å²) < 4.78 is 4.94. The predicted octanol–water partition coefficient (Wildman–Crippen LogP) is 1.22. The molecule has 0 aliphatic carbocycles. The Kier molecular flexibility index (Phi) is 5.29. The van der Waals surface area contributed by atoms with Gasteiger partial charge in [-0.25, -0.2) is 9.97 Å². The number of carbonyl (C=O) groups is 1. The van der Waals surface area contributed by atoms with Gasteiger partial charge >= 0.3 is 0 Å². The number of likely N-dealkylation sites (tertiary alicyclic amines) is 1. The number of carbonyl (C=O) groups excluding carboxylic acids is 1. The number of ether oxygens (including phenoxy) is 1. The third kappa shape index (κ3) is 4.16. The maximum Gasteiger partial charge on any atom is 0.224 e. The highest BCUT2D eigenvalue weighted by Gasteiger charge is 2.22. The summed E-state index contributed by atoms with van der Waals surface area (Å²) >= 11 is 0. The summed E-state index contributed by atoms with van der Waals surface area (Å²) in [5, 5.41) is 3.33. The minimum absolute atomic E-state index is 0.178. The molecule has 1 N–H and O–H groups in total. The van der Waals surface area contributed by atoms with Crippen molar-refractivity contribution in [3.05, 3.63) is 18.0 Å². The van der Waals surface area contributed by atoms with Gasteiger partial charge in [-0.2, -0.15) is 0 Å². The second-order valence-corrected chi connectivity index (χ2v) is 5.13. The van der Waals surface area contributed by atoms with Crippen LogP contribution in [-0.4, -0.2) is 53.6 Å². The van der Waals surface area contributed by atoms with E-state index in [4.69, 9.17) is 4.74 Å². The van der Waals surface area contributed by atoms with Crippen molar-refractivity contribution in [2.24, 2.45) is 0 Å². The lowest BCUT2D eigenvalue weighted by molar-refractivity contribution is -0.133. The summed E-state index contributed by atoms with van der Waals surface area (Å²) in [4.78, 5) is 22.3. The molecule has 2 rings (SSSR count). The SMILES string of the molecule is COCCC(=O)N1CCC(Nc2ncc(C)cn2)CC1. The van der Waals surface area contributed by atoms with E-state index in [1.807, 2.05) is 11.8 Å². The number of nitrogens with one attached hydrogen (secondary N) is 1. The number of amides is 1. The minimum atomic E-state index is 0.178. The van der Waals surface area contributed by atoms with Crippen LogP contribution in [0, 0.1) is 6.92 Å². The van der Waals surface area contributed by atoms with E-state index in [1.54, 1.807) is 19.5 Å². The first-order valence-corrected chi connectivity index (χ1v) is 7.01. The summed E-state index contributed by atoms with van der Waals surface area (Å²) in [6, 6.07) is 0.337. The number of nitrogens with zero attached hydrogens (tertiary/aromatic N) is 3. The molecule has 20 heavy (non-hydrogen) atoms. The van der Waals surface area contributed by atoms with Crippen molar-refractivity contribution >= 4 is 11.9 Å². The number of aromatic nitrogens is 2. The normalized spacial score (nSPS) is 16.2. The Morgan fingerprint density at radius 3 is 2.65 bits per heavy atom. The Bertz CT molecular complexity index is 427. The Labute approximate surface area is 119 Å². The third-order valence-corrected chi connectivity index (χ3v) is 3.48. The Morgan fingerprint density at radius 1 is 1.40 bits per heavy atom. The Hall–Kier alpha value is -1.69. The zero-order valence-electron chi connectivity index (χ0n) is 12.1. The lowest BCUT2D eigenvalue weighted by Crippen LogP contribution is -2.42. The van der Waals surface area contributed by atoms with Gasteiger partial charge in [0.05, 0.1) is 13.0 Å². The number of rotatable bonds is 5. The van der Waals surface area contributed by atoms with Gasteiger partial charge < -0.3 is 15.0 Å². The van der Waals surface area contributed by atoms with Crippen LogP contribution in [0.3, 0.4) is 0 Å². The first-order valence-electron chi connectivity index (χ1n) is 7.01. The molecule has 6 nitrogen and oxygen atoms in total. The summed E-state index contributed by atoms with van der Waals surface area (Å²) in [5.41, 5.74) is 1.05. The molecule has 1 aliphatic rings. The fourth-order valence-electron chi connectivity index (χ4n) is 2.27. The summed E-state index contributed by atoms with van der Waals surface area (Å²) in [6.07, 6.45) is 5.93. The van der Waals surface area contributed by atoms with E-state index in [0.717, 1.165) is 31.5 Å². The topological polar surface area (TPSA) is 67.3 Å². The average Bonchev–Trinajstić information content (AvgIpc) is 2.48. The minimum Gasteiger partial charge on any atom is -0.384 e. The predicted molar refractivity (Wildman–Crippen MR) is 76.5 cm³/mol. The van der Waals surface area contributed by atoms with Crippen molar-refractivity contribution in [1.82, 2.24) is 14.9 Å². The molecular weight excluding hydrogens is 256 g/mol. The average molecular weight is 278 g/mol. The van der Waals surface area contributed by atoms with Gasteiger partial charge in [0, 0.05) is 38.6 Å². The number of methoxy groups -OCH3 is 1. The highest BCUT2D eigenvalue weighted by molar-refractivity contribution is 5.76.